The molecule has 0 aromatic rings. The summed E-state index contributed by atoms with van der Waals surface area (Å²) in [4.78, 5) is 14.3. The molecule has 0 unspecified atom stereocenters. The third-order valence-corrected chi connectivity index (χ3v) is 4.22. The van der Waals surface area contributed by atoms with E-state index in [2.05, 4.69) is 18.7 Å². The molecule has 1 saturated heterocycles. The molecule has 0 aromatic heterocycles. The molecule has 0 spiro atoms. The van der Waals surface area contributed by atoms with Crippen molar-refractivity contribution in [2.24, 2.45) is 10.8 Å². The largest absolute Gasteiger partial charge is 0.298 e. The Morgan fingerprint density at radius 1 is 1.25 bits per heavy atom. The van der Waals surface area contributed by atoms with Crippen LogP contribution in [0.1, 0.15) is 53.9 Å². The number of carbonyl (C=O) groups is 1. The second kappa shape index (κ2) is 4.87. The van der Waals surface area contributed by atoms with Crippen molar-refractivity contribution in [3.63, 3.8) is 0 Å². The fraction of sp³-hybridized carbons (Fsp3) is 0.929. The van der Waals surface area contributed by atoms with Crippen LogP contribution in [-0.4, -0.2) is 30.3 Å². The Labute approximate surface area is 100 Å². The van der Waals surface area contributed by atoms with Gasteiger partial charge in [-0.2, -0.15) is 0 Å². The zero-order valence-electron chi connectivity index (χ0n) is 11.6. The SMILES string of the molecule is CCC1(CC)CCN(CC(=O)C(C)(C)C)C1. The third-order valence-electron chi connectivity index (χ3n) is 4.22. The van der Waals surface area contributed by atoms with Crippen LogP contribution in [0.15, 0.2) is 0 Å². The molecule has 0 aromatic carbocycles. The predicted octanol–water partition coefficient (Wildman–Crippen LogP) is 3.11. The molecule has 1 aliphatic heterocycles. The first kappa shape index (κ1) is 13.7. The zero-order valence-corrected chi connectivity index (χ0v) is 11.6. The fourth-order valence-electron chi connectivity index (χ4n) is 2.43. The van der Waals surface area contributed by atoms with Gasteiger partial charge in [-0.15, -0.1) is 0 Å². The van der Waals surface area contributed by atoms with E-state index < -0.39 is 0 Å². The van der Waals surface area contributed by atoms with Crippen molar-refractivity contribution in [2.75, 3.05) is 19.6 Å². The molecule has 0 amide bonds. The van der Waals surface area contributed by atoms with Crippen LogP contribution in [0.5, 0.6) is 0 Å². The molecule has 16 heavy (non-hydrogen) atoms. The molecule has 0 bridgehead atoms. The van der Waals surface area contributed by atoms with Gasteiger partial charge in [0, 0.05) is 12.0 Å². The van der Waals surface area contributed by atoms with Gasteiger partial charge in [-0.05, 0) is 31.2 Å². The van der Waals surface area contributed by atoms with Gasteiger partial charge in [0.25, 0.3) is 0 Å². The number of hydrogen-bond acceptors (Lipinski definition) is 2. The van der Waals surface area contributed by atoms with Crippen molar-refractivity contribution in [1.82, 2.24) is 4.90 Å². The second-order valence-corrected chi connectivity index (χ2v) is 6.34. The lowest BCUT2D eigenvalue weighted by Crippen LogP contribution is -2.36. The number of hydrogen-bond donors (Lipinski definition) is 0. The standard InChI is InChI=1S/C14H27NO/c1-6-14(7-2)8-9-15(11-14)10-12(16)13(3,4)5/h6-11H2,1-5H3. The summed E-state index contributed by atoms with van der Waals surface area (Å²) in [6.45, 7) is 13.4. The summed E-state index contributed by atoms with van der Waals surface area (Å²) in [7, 11) is 0. The maximum absolute atomic E-state index is 12.0. The minimum atomic E-state index is -0.191. The van der Waals surface area contributed by atoms with Gasteiger partial charge in [-0.1, -0.05) is 34.6 Å². The number of rotatable bonds is 4. The van der Waals surface area contributed by atoms with Crippen molar-refractivity contribution in [3.05, 3.63) is 0 Å². The van der Waals surface area contributed by atoms with Crippen LogP contribution in [-0.2, 0) is 4.79 Å². The topological polar surface area (TPSA) is 20.3 Å². The summed E-state index contributed by atoms with van der Waals surface area (Å²) in [5, 5.41) is 0. The smallest absolute Gasteiger partial charge is 0.152 e. The van der Waals surface area contributed by atoms with Gasteiger partial charge in [0.15, 0.2) is 5.78 Å². The molecule has 0 N–H and O–H groups in total. The molecule has 2 heteroatoms. The lowest BCUT2D eigenvalue weighted by molar-refractivity contribution is -0.127. The number of ketones is 1. The maximum Gasteiger partial charge on any atom is 0.152 e. The van der Waals surface area contributed by atoms with Crippen LogP contribution in [0, 0.1) is 10.8 Å². The van der Waals surface area contributed by atoms with Gasteiger partial charge in [-0.3, -0.25) is 9.69 Å². The molecule has 0 saturated carbocycles. The van der Waals surface area contributed by atoms with E-state index in [4.69, 9.17) is 0 Å². The van der Waals surface area contributed by atoms with Crippen LogP contribution < -0.4 is 0 Å². The van der Waals surface area contributed by atoms with E-state index in [0.717, 1.165) is 13.1 Å². The van der Waals surface area contributed by atoms with Crippen molar-refractivity contribution in [2.45, 2.75) is 53.9 Å². The minimum absolute atomic E-state index is 0.191. The summed E-state index contributed by atoms with van der Waals surface area (Å²) in [6, 6.07) is 0. The minimum Gasteiger partial charge on any atom is -0.298 e. The Kier molecular flexibility index (Phi) is 4.17. The second-order valence-electron chi connectivity index (χ2n) is 6.34. The molecule has 0 atom stereocenters. The van der Waals surface area contributed by atoms with Gasteiger partial charge < -0.3 is 0 Å². The first-order valence-electron chi connectivity index (χ1n) is 6.58. The Bertz CT molecular complexity index is 248. The molecule has 0 radical (unpaired) electrons. The summed E-state index contributed by atoms with van der Waals surface area (Å²) in [5.74, 6) is 0.371. The van der Waals surface area contributed by atoms with Gasteiger partial charge in [0.05, 0.1) is 6.54 Å². The van der Waals surface area contributed by atoms with E-state index in [1.165, 1.54) is 19.3 Å². The lowest BCUT2D eigenvalue weighted by Gasteiger charge is -2.27. The molecule has 1 fully saturated rings. The monoisotopic (exact) mass is 225 g/mol. The molecule has 1 rings (SSSR count). The van der Waals surface area contributed by atoms with Crippen molar-refractivity contribution < 1.29 is 4.79 Å². The van der Waals surface area contributed by atoms with Crippen LogP contribution in [0.4, 0.5) is 0 Å². The highest BCUT2D eigenvalue weighted by Crippen LogP contribution is 2.37. The number of carbonyl (C=O) groups excluding carboxylic acids is 1. The number of Topliss-reactive ketones (excluding diaryl/α,β-unsaturated/α-hetero) is 1. The van der Waals surface area contributed by atoms with Crippen molar-refractivity contribution in [3.8, 4) is 0 Å². The van der Waals surface area contributed by atoms with Gasteiger partial charge in [0.2, 0.25) is 0 Å². The first-order valence-corrected chi connectivity index (χ1v) is 6.58. The molecular weight excluding hydrogens is 198 g/mol. The fourth-order valence-corrected chi connectivity index (χ4v) is 2.43. The van der Waals surface area contributed by atoms with E-state index in [-0.39, 0.29) is 5.41 Å². The lowest BCUT2D eigenvalue weighted by atomic mass is 9.82. The van der Waals surface area contributed by atoms with Crippen LogP contribution in [0.25, 0.3) is 0 Å². The number of likely N-dealkylation sites (tertiary alicyclic amines) is 1. The summed E-state index contributed by atoms with van der Waals surface area (Å²) < 4.78 is 0. The number of nitrogens with zero attached hydrogens (tertiary/aromatic N) is 1. The Balaban J connectivity index is 2.52. The van der Waals surface area contributed by atoms with E-state index in [0.29, 0.717) is 17.7 Å². The quantitative estimate of drug-likeness (QED) is 0.732. The van der Waals surface area contributed by atoms with Crippen molar-refractivity contribution >= 4 is 5.78 Å². The highest BCUT2D eigenvalue weighted by atomic mass is 16.1. The van der Waals surface area contributed by atoms with Gasteiger partial charge in [0.1, 0.15) is 0 Å². The van der Waals surface area contributed by atoms with E-state index >= 15 is 0 Å². The average molecular weight is 225 g/mol. The Hall–Kier alpha value is -0.370. The maximum atomic E-state index is 12.0. The first-order chi connectivity index (χ1) is 7.33. The summed E-state index contributed by atoms with van der Waals surface area (Å²) >= 11 is 0. The average Bonchev–Trinajstić information content (AvgIpc) is 2.61. The van der Waals surface area contributed by atoms with Crippen molar-refractivity contribution in [1.29, 1.82) is 0 Å². The summed E-state index contributed by atoms with van der Waals surface area (Å²) in [5.41, 5.74) is 0.293. The molecule has 2 nitrogen and oxygen atoms in total. The van der Waals surface area contributed by atoms with Gasteiger partial charge in [-0.25, -0.2) is 0 Å². The Morgan fingerprint density at radius 3 is 2.19 bits per heavy atom. The van der Waals surface area contributed by atoms with E-state index in [9.17, 15) is 4.79 Å². The van der Waals surface area contributed by atoms with E-state index in [1.54, 1.807) is 0 Å². The zero-order chi connectivity index (χ0) is 12.4. The van der Waals surface area contributed by atoms with Crippen LogP contribution in [0.3, 0.4) is 0 Å². The molecule has 0 aliphatic carbocycles. The van der Waals surface area contributed by atoms with Gasteiger partial charge >= 0.3 is 0 Å². The van der Waals surface area contributed by atoms with Crippen LogP contribution in [0.2, 0.25) is 0 Å². The predicted molar refractivity (Wildman–Crippen MR) is 68.5 cm³/mol. The Morgan fingerprint density at radius 2 is 1.81 bits per heavy atom. The van der Waals surface area contributed by atoms with Crippen LogP contribution >= 0.6 is 0 Å². The highest BCUT2D eigenvalue weighted by molar-refractivity contribution is 5.85. The molecular formula is C14H27NO. The third kappa shape index (κ3) is 3.07. The highest BCUT2D eigenvalue weighted by Gasteiger charge is 2.36. The summed E-state index contributed by atoms with van der Waals surface area (Å²) in [6.07, 6.45) is 3.74. The molecule has 1 aliphatic rings. The van der Waals surface area contributed by atoms with E-state index in [1.807, 2.05) is 20.8 Å². The molecule has 1 heterocycles. The normalized spacial score (nSPS) is 21.3. The molecule has 94 valence electrons.